The summed E-state index contributed by atoms with van der Waals surface area (Å²) in [5, 5.41) is 0. The third kappa shape index (κ3) is 1.40. The molecule has 74 valence electrons. The number of hydrogen-bond donors (Lipinski definition) is 2. The summed E-state index contributed by atoms with van der Waals surface area (Å²) in [6, 6.07) is 4.17. The van der Waals surface area contributed by atoms with Gasteiger partial charge >= 0.3 is 0 Å². The van der Waals surface area contributed by atoms with Crippen molar-refractivity contribution >= 4 is 11.0 Å². The molecule has 0 amide bonds. The van der Waals surface area contributed by atoms with Gasteiger partial charge in [-0.2, -0.15) is 0 Å². The maximum atomic E-state index is 5.76. The second-order valence-electron chi connectivity index (χ2n) is 3.86. The molecule has 0 bridgehead atoms. The summed E-state index contributed by atoms with van der Waals surface area (Å²) in [6.07, 6.45) is 0. The summed E-state index contributed by atoms with van der Waals surface area (Å²) < 4.78 is 0. The Hall–Kier alpha value is -1.35. The third-order valence-corrected chi connectivity index (χ3v) is 2.55. The molecule has 1 heterocycles. The van der Waals surface area contributed by atoms with Gasteiger partial charge in [-0.1, -0.05) is 0 Å². The van der Waals surface area contributed by atoms with Gasteiger partial charge in [-0.15, -0.1) is 0 Å². The number of imidazole rings is 1. The van der Waals surface area contributed by atoms with Crippen LogP contribution in [0.1, 0.15) is 29.9 Å². The van der Waals surface area contributed by atoms with E-state index in [2.05, 4.69) is 35.9 Å². The van der Waals surface area contributed by atoms with Crippen LogP contribution >= 0.6 is 0 Å². The van der Waals surface area contributed by atoms with Crippen molar-refractivity contribution in [2.45, 2.75) is 26.8 Å². The fourth-order valence-corrected chi connectivity index (χ4v) is 1.50. The molecule has 0 aliphatic carbocycles. The van der Waals surface area contributed by atoms with Crippen LogP contribution in [0.2, 0.25) is 0 Å². The second-order valence-corrected chi connectivity index (χ2v) is 3.86. The molecule has 1 atom stereocenters. The molecule has 0 radical (unpaired) electrons. The van der Waals surface area contributed by atoms with Crippen molar-refractivity contribution in [1.29, 1.82) is 0 Å². The number of nitrogens with two attached hydrogens (primary N) is 1. The van der Waals surface area contributed by atoms with E-state index in [1.165, 1.54) is 11.1 Å². The quantitative estimate of drug-likeness (QED) is 0.722. The highest BCUT2D eigenvalue weighted by Gasteiger charge is 2.07. The first-order valence-electron chi connectivity index (χ1n) is 4.80. The zero-order valence-corrected chi connectivity index (χ0v) is 8.76. The fraction of sp³-hybridized carbons (Fsp3) is 0.364. The molecule has 3 nitrogen and oxygen atoms in total. The SMILES string of the molecule is Cc1cc2nc([C@H](C)N)[nH]c2cc1C. The van der Waals surface area contributed by atoms with E-state index in [0.717, 1.165) is 16.9 Å². The topological polar surface area (TPSA) is 54.7 Å². The molecule has 2 aromatic rings. The molecule has 14 heavy (non-hydrogen) atoms. The predicted molar refractivity (Wildman–Crippen MR) is 58.2 cm³/mol. The number of aromatic nitrogens is 2. The Morgan fingerprint density at radius 2 is 1.93 bits per heavy atom. The van der Waals surface area contributed by atoms with Gasteiger partial charge in [0.25, 0.3) is 0 Å². The highest BCUT2D eigenvalue weighted by atomic mass is 15.0. The lowest BCUT2D eigenvalue weighted by molar-refractivity contribution is 0.760. The van der Waals surface area contributed by atoms with Gasteiger partial charge in [0.2, 0.25) is 0 Å². The fourth-order valence-electron chi connectivity index (χ4n) is 1.50. The van der Waals surface area contributed by atoms with Crippen molar-refractivity contribution in [2.75, 3.05) is 0 Å². The number of rotatable bonds is 1. The predicted octanol–water partition coefficient (Wildman–Crippen LogP) is 2.20. The van der Waals surface area contributed by atoms with Crippen LogP contribution in [0.3, 0.4) is 0 Å². The van der Waals surface area contributed by atoms with E-state index in [4.69, 9.17) is 5.73 Å². The molecule has 0 spiro atoms. The normalized spacial score (nSPS) is 13.4. The van der Waals surface area contributed by atoms with Crippen LogP contribution in [-0.4, -0.2) is 9.97 Å². The molecule has 0 aliphatic rings. The van der Waals surface area contributed by atoms with Gasteiger partial charge in [0, 0.05) is 0 Å². The monoisotopic (exact) mass is 189 g/mol. The van der Waals surface area contributed by atoms with Crippen LogP contribution in [0.25, 0.3) is 11.0 Å². The Labute approximate surface area is 83.3 Å². The van der Waals surface area contributed by atoms with Crippen molar-refractivity contribution in [3.63, 3.8) is 0 Å². The summed E-state index contributed by atoms with van der Waals surface area (Å²) in [7, 11) is 0. The number of hydrogen-bond acceptors (Lipinski definition) is 2. The molecule has 3 N–H and O–H groups in total. The maximum Gasteiger partial charge on any atom is 0.123 e. The van der Waals surface area contributed by atoms with E-state index in [-0.39, 0.29) is 6.04 Å². The van der Waals surface area contributed by atoms with E-state index >= 15 is 0 Å². The van der Waals surface area contributed by atoms with E-state index in [1.807, 2.05) is 6.92 Å². The number of nitrogens with zero attached hydrogens (tertiary/aromatic N) is 1. The zero-order valence-electron chi connectivity index (χ0n) is 8.76. The lowest BCUT2D eigenvalue weighted by Crippen LogP contribution is -2.06. The Balaban J connectivity index is 2.66. The van der Waals surface area contributed by atoms with E-state index in [9.17, 15) is 0 Å². The molecule has 0 fully saturated rings. The second kappa shape index (κ2) is 3.10. The van der Waals surface area contributed by atoms with Crippen molar-refractivity contribution in [3.05, 3.63) is 29.1 Å². The number of H-pyrrole nitrogens is 1. The van der Waals surface area contributed by atoms with Gasteiger partial charge in [-0.05, 0) is 44.0 Å². The minimum Gasteiger partial charge on any atom is -0.341 e. The molecule has 1 aromatic heterocycles. The molecule has 0 saturated carbocycles. The largest absolute Gasteiger partial charge is 0.341 e. The Kier molecular flexibility index (Phi) is 2.04. The average molecular weight is 189 g/mol. The smallest absolute Gasteiger partial charge is 0.123 e. The molecule has 0 aliphatic heterocycles. The summed E-state index contributed by atoms with van der Waals surface area (Å²) in [5.41, 5.74) is 10.4. The van der Waals surface area contributed by atoms with Crippen molar-refractivity contribution in [3.8, 4) is 0 Å². The molecule has 1 aromatic carbocycles. The minimum atomic E-state index is -0.0389. The third-order valence-electron chi connectivity index (χ3n) is 2.55. The number of benzene rings is 1. The van der Waals surface area contributed by atoms with E-state index in [0.29, 0.717) is 0 Å². The van der Waals surface area contributed by atoms with Crippen LogP contribution in [0.15, 0.2) is 12.1 Å². The van der Waals surface area contributed by atoms with Crippen molar-refractivity contribution < 1.29 is 0 Å². The number of aryl methyl sites for hydroxylation is 2. The molecule has 0 unspecified atom stereocenters. The first-order chi connectivity index (χ1) is 6.58. The average Bonchev–Trinajstić information content (AvgIpc) is 2.48. The van der Waals surface area contributed by atoms with Crippen LogP contribution in [0, 0.1) is 13.8 Å². The van der Waals surface area contributed by atoms with Gasteiger partial charge < -0.3 is 10.7 Å². The first-order valence-corrected chi connectivity index (χ1v) is 4.80. The molecule has 3 heteroatoms. The highest BCUT2D eigenvalue weighted by Crippen LogP contribution is 2.18. The molecule has 0 saturated heterocycles. The summed E-state index contributed by atoms with van der Waals surface area (Å²) in [5.74, 6) is 0.852. The lowest BCUT2D eigenvalue weighted by atomic mass is 10.1. The lowest BCUT2D eigenvalue weighted by Gasteiger charge is -1.97. The number of fused-ring (bicyclic) bond motifs is 1. The highest BCUT2D eigenvalue weighted by molar-refractivity contribution is 5.77. The van der Waals surface area contributed by atoms with Crippen LogP contribution < -0.4 is 5.73 Å². The van der Waals surface area contributed by atoms with Gasteiger partial charge in [-0.3, -0.25) is 0 Å². The van der Waals surface area contributed by atoms with Gasteiger partial charge in [0.15, 0.2) is 0 Å². The molecule has 2 rings (SSSR count). The Bertz CT molecular complexity index is 430. The number of aromatic amines is 1. The first kappa shape index (κ1) is 9.21. The minimum absolute atomic E-state index is 0.0389. The zero-order chi connectivity index (χ0) is 10.3. The van der Waals surface area contributed by atoms with E-state index < -0.39 is 0 Å². The van der Waals surface area contributed by atoms with Gasteiger partial charge in [0.1, 0.15) is 5.82 Å². The number of nitrogens with one attached hydrogen (secondary N) is 1. The summed E-state index contributed by atoms with van der Waals surface area (Å²) in [6.45, 7) is 6.12. The van der Waals surface area contributed by atoms with Crippen molar-refractivity contribution in [1.82, 2.24) is 9.97 Å². The van der Waals surface area contributed by atoms with Crippen molar-refractivity contribution in [2.24, 2.45) is 5.73 Å². The van der Waals surface area contributed by atoms with Gasteiger partial charge in [-0.25, -0.2) is 4.98 Å². The van der Waals surface area contributed by atoms with Crippen LogP contribution in [0.5, 0.6) is 0 Å². The van der Waals surface area contributed by atoms with E-state index in [1.54, 1.807) is 0 Å². The van der Waals surface area contributed by atoms with Crippen LogP contribution in [0.4, 0.5) is 0 Å². The Morgan fingerprint density at radius 1 is 1.29 bits per heavy atom. The summed E-state index contributed by atoms with van der Waals surface area (Å²) >= 11 is 0. The maximum absolute atomic E-state index is 5.76. The molecular formula is C11H15N3. The molecular weight excluding hydrogens is 174 g/mol. The summed E-state index contributed by atoms with van der Waals surface area (Å²) in [4.78, 5) is 7.66. The Morgan fingerprint density at radius 3 is 2.57 bits per heavy atom. The van der Waals surface area contributed by atoms with Crippen LogP contribution in [-0.2, 0) is 0 Å². The standard InChI is InChI=1S/C11H15N3/c1-6-4-9-10(5-7(6)2)14-11(13-9)8(3)12/h4-5,8H,12H2,1-3H3,(H,13,14)/t8-/m0/s1. The van der Waals surface area contributed by atoms with Gasteiger partial charge in [0.05, 0.1) is 17.1 Å².